The second kappa shape index (κ2) is 8.54. The van der Waals surface area contributed by atoms with E-state index in [0.717, 1.165) is 26.9 Å². The van der Waals surface area contributed by atoms with Gasteiger partial charge in [0.25, 0.3) is 0 Å². The SMILES string of the molecule is O=C(Cc1ccc2sc(CCCO)cc2c1O)NCc1ccc(Cl)cc1. The molecule has 0 aliphatic carbocycles. The van der Waals surface area contributed by atoms with Gasteiger partial charge in [-0.3, -0.25) is 4.79 Å². The molecule has 0 aliphatic rings. The maximum atomic E-state index is 12.2. The molecule has 1 heterocycles. The standard InChI is InChI=1S/C20H20ClNO3S/c21-15-6-3-13(4-7-15)12-22-19(24)10-14-5-8-18-17(20(14)25)11-16(26-18)2-1-9-23/h3-8,11,23,25H,1-2,9-10,12H2,(H,22,24). The first-order valence-electron chi connectivity index (χ1n) is 8.42. The molecular formula is C20H20ClNO3S. The van der Waals surface area contributed by atoms with E-state index in [1.807, 2.05) is 24.3 Å². The highest BCUT2D eigenvalue weighted by Gasteiger charge is 2.13. The molecule has 136 valence electrons. The maximum Gasteiger partial charge on any atom is 0.224 e. The van der Waals surface area contributed by atoms with Crippen LogP contribution in [0.25, 0.3) is 10.1 Å². The number of aliphatic hydroxyl groups is 1. The van der Waals surface area contributed by atoms with Crippen LogP contribution in [0.2, 0.25) is 5.02 Å². The predicted octanol–water partition coefficient (Wildman–Crippen LogP) is 4.04. The molecule has 26 heavy (non-hydrogen) atoms. The lowest BCUT2D eigenvalue weighted by molar-refractivity contribution is -0.120. The summed E-state index contributed by atoms with van der Waals surface area (Å²) in [5, 5.41) is 23.8. The number of carbonyl (C=O) groups is 1. The largest absolute Gasteiger partial charge is 0.507 e. The van der Waals surface area contributed by atoms with Gasteiger partial charge in [-0.1, -0.05) is 29.8 Å². The molecule has 0 saturated carbocycles. The number of hydrogen-bond acceptors (Lipinski definition) is 4. The molecule has 0 spiro atoms. The number of phenols is 1. The number of phenolic OH excluding ortho intramolecular Hbond substituents is 1. The number of aryl methyl sites for hydroxylation is 1. The summed E-state index contributed by atoms with van der Waals surface area (Å²) in [6.07, 6.45) is 1.61. The summed E-state index contributed by atoms with van der Waals surface area (Å²) in [6.45, 7) is 0.571. The topological polar surface area (TPSA) is 69.6 Å². The average molecular weight is 390 g/mol. The van der Waals surface area contributed by atoms with Crippen molar-refractivity contribution < 1.29 is 15.0 Å². The zero-order chi connectivity index (χ0) is 18.5. The molecule has 6 heteroatoms. The van der Waals surface area contributed by atoms with Gasteiger partial charge in [0.15, 0.2) is 0 Å². The lowest BCUT2D eigenvalue weighted by atomic mass is 10.1. The van der Waals surface area contributed by atoms with E-state index in [4.69, 9.17) is 16.7 Å². The van der Waals surface area contributed by atoms with E-state index in [0.29, 0.717) is 23.6 Å². The Kier molecular flexibility index (Phi) is 6.14. The first-order chi connectivity index (χ1) is 12.6. The average Bonchev–Trinajstić information content (AvgIpc) is 3.06. The summed E-state index contributed by atoms with van der Waals surface area (Å²) in [6, 6.07) is 13.0. The van der Waals surface area contributed by atoms with Crippen molar-refractivity contribution in [2.75, 3.05) is 6.61 Å². The van der Waals surface area contributed by atoms with Crippen molar-refractivity contribution in [2.24, 2.45) is 0 Å². The Morgan fingerprint density at radius 3 is 2.65 bits per heavy atom. The summed E-state index contributed by atoms with van der Waals surface area (Å²) in [7, 11) is 0. The van der Waals surface area contributed by atoms with Crippen LogP contribution in [0, 0.1) is 0 Å². The van der Waals surface area contributed by atoms with Crippen LogP contribution < -0.4 is 5.32 Å². The molecule has 0 aliphatic heterocycles. The van der Waals surface area contributed by atoms with Crippen molar-refractivity contribution >= 4 is 38.9 Å². The molecule has 3 aromatic rings. The first-order valence-corrected chi connectivity index (χ1v) is 9.61. The number of halogens is 1. The Bertz CT molecular complexity index is 905. The first kappa shape index (κ1) is 18.7. The highest BCUT2D eigenvalue weighted by atomic mass is 35.5. The highest BCUT2D eigenvalue weighted by Crippen LogP contribution is 2.35. The fourth-order valence-electron chi connectivity index (χ4n) is 2.75. The number of fused-ring (bicyclic) bond motifs is 1. The van der Waals surface area contributed by atoms with Crippen LogP contribution in [0.3, 0.4) is 0 Å². The second-order valence-electron chi connectivity index (χ2n) is 6.10. The Morgan fingerprint density at radius 2 is 1.92 bits per heavy atom. The Hall–Kier alpha value is -2.08. The van der Waals surface area contributed by atoms with Crippen molar-refractivity contribution in [1.82, 2.24) is 5.32 Å². The molecule has 4 nitrogen and oxygen atoms in total. The van der Waals surface area contributed by atoms with Crippen LogP contribution in [-0.2, 0) is 24.2 Å². The van der Waals surface area contributed by atoms with Crippen LogP contribution in [-0.4, -0.2) is 22.7 Å². The van der Waals surface area contributed by atoms with Crippen LogP contribution in [0.1, 0.15) is 22.4 Å². The third-order valence-electron chi connectivity index (χ3n) is 4.14. The fourth-order valence-corrected chi connectivity index (χ4v) is 3.99. The molecule has 1 aromatic heterocycles. The minimum absolute atomic E-state index is 0.122. The van der Waals surface area contributed by atoms with Crippen molar-refractivity contribution in [2.45, 2.75) is 25.8 Å². The molecule has 0 bridgehead atoms. The number of nitrogens with one attached hydrogen (secondary N) is 1. The zero-order valence-electron chi connectivity index (χ0n) is 14.2. The highest BCUT2D eigenvalue weighted by molar-refractivity contribution is 7.19. The lowest BCUT2D eigenvalue weighted by Gasteiger charge is -2.08. The molecule has 3 N–H and O–H groups in total. The summed E-state index contributed by atoms with van der Waals surface area (Å²) in [5.41, 5.74) is 1.58. The van der Waals surface area contributed by atoms with E-state index in [-0.39, 0.29) is 24.7 Å². The third kappa shape index (κ3) is 4.55. The zero-order valence-corrected chi connectivity index (χ0v) is 15.7. The van der Waals surface area contributed by atoms with Gasteiger partial charge in [-0.25, -0.2) is 0 Å². The molecule has 3 rings (SSSR count). The van der Waals surface area contributed by atoms with E-state index in [1.54, 1.807) is 29.5 Å². The number of amides is 1. The second-order valence-corrected chi connectivity index (χ2v) is 7.71. The van der Waals surface area contributed by atoms with Crippen molar-refractivity contribution in [3.05, 3.63) is 63.5 Å². The quantitative estimate of drug-likeness (QED) is 0.571. The van der Waals surface area contributed by atoms with E-state index in [2.05, 4.69) is 5.32 Å². The summed E-state index contributed by atoms with van der Waals surface area (Å²) < 4.78 is 0.987. The molecule has 0 fully saturated rings. The Labute approximate surface area is 161 Å². The molecule has 2 aromatic carbocycles. The van der Waals surface area contributed by atoms with E-state index >= 15 is 0 Å². The number of aromatic hydroxyl groups is 1. The summed E-state index contributed by atoms with van der Waals surface area (Å²) >= 11 is 7.46. The van der Waals surface area contributed by atoms with Crippen LogP contribution in [0.15, 0.2) is 42.5 Å². The number of aliphatic hydroxyl groups excluding tert-OH is 1. The predicted molar refractivity (Wildman–Crippen MR) is 106 cm³/mol. The van der Waals surface area contributed by atoms with Gasteiger partial charge in [-0.05, 0) is 42.7 Å². The minimum Gasteiger partial charge on any atom is -0.507 e. The lowest BCUT2D eigenvalue weighted by Crippen LogP contribution is -2.24. The van der Waals surface area contributed by atoms with Gasteiger partial charge in [0.2, 0.25) is 5.91 Å². The molecule has 0 saturated heterocycles. The monoisotopic (exact) mass is 389 g/mol. The van der Waals surface area contributed by atoms with Gasteiger partial charge in [0.1, 0.15) is 5.75 Å². The summed E-state index contributed by atoms with van der Waals surface area (Å²) in [4.78, 5) is 13.3. The summed E-state index contributed by atoms with van der Waals surface area (Å²) in [5.74, 6) is 0.0148. The normalized spacial score (nSPS) is 11.0. The number of carbonyl (C=O) groups excluding carboxylic acids is 1. The van der Waals surface area contributed by atoms with E-state index in [1.165, 1.54) is 0 Å². The van der Waals surface area contributed by atoms with Crippen LogP contribution in [0.5, 0.6) is 5.75 Å². The smallest absolute Gasteiger partial charge is 0.224 e. The number of benzene rings is 2. The van der Waals surface area contributed by atoms with E-state index < -0.39 is 0 Å². The van der Waals surface area contributed by atoms with Gasteiger partial charge < -0.3 is 15.5 Å². The van der Waals surface area contributed by atoms with Crippen LogP contribution >= 0.6 is 22.9 Å². The molecular weight excluding hydrogens is 370 g/mol. The van der Waals surface area contributed by atoms with Gasteiger partial charge in [-0.15, -0.1) is 11.3 Å². The third-order valence-corrected chi connectivity index (χ3v) is 5.55. The van der Waals surface area contributed by atoms with Gasteiger partial charge in [0, 0.05) is 38.7 Å². The Morgan fingerprint density at radius 1 is 1.15 bits per heavy atom. The molecule has 0 unspecified atom stereocenters. The molecule has 1 amide bonds. The van der Waals surface area contributed by atoms with Crippen molar-refractivity contribution in [3.8, 4) is 5.75 Å². The molecule has 0 atom stereocenters. The Balaban J connectivity index is 1.66. The van der Waals surface area contributed by atoms with Crippen LogP contribution in [0.4, 0.5) is 0 Å². The van der Waals surface area contributed by atoms with Gasteiger partial charge >= 0.3 is 0 Å². The van der Waals surface area contributed by atoms with Gasteiger partial charge in [-0.2, -0.15) is 0 Å². The maximum absolute atomic E-state index is 12.2. The van der Waals surface area contributed by atoms with Crippen molar-refractivity contribution in [1.29, 1.82) is 0 Å². The molecule has 0 radical (unpaired) electrons. The fraction of sp³-hybridized carbons (Fsp3) is 0.250. The number of thiophene rings is 1. The van der Waals surface area contributed by atoms with Gasteiger partial charge in [0.05, 0.1) is 6.42 Å². The van der Waals surface area contributed by atoms with Crippen molar-refractivity contribution in [3.63, 3.8) is 0 Å². The number of rotatable bonds is 7. The number of hydrogen-bond donors (Lipinski definition) is 3. The minimum atomic E-state index is -0.148. The van der Waals surface area contributed by atoms with E-state index in [9.17, 15) is 9.90 Å².